The predicted molar refractivity (Wildman–Crippen MR) is 74.7 cm³/mol. The Bertz CT molecular complexity index is 739. The number of benzene rings is 1. The van der Waals surface area contributed by atoms with Crippen LogP contribution in [-0.4, -0.2) is 35.5 Å². The van der Waals surface area contributed by atoms with Crippen LogP contribution in [0.4, 0.5) is 13.2 Å². The summed E-state index contributed by atoms with van der Waals surface area (Å²) in [5.74, 6) is 0. The Balaban J connectivity index is 2.41. The molecule has 0 bridgehead atoms. The molecule has 23 heavy (non-hydrogen) atoms. The van der Waals surface area contributed by atoms with Crippen LogP contribution in [0.25, 0.3) is 0 Å². The molecule has 1 aliphatic carbocycles. The Hall–Kier alpha value is -2.10. The molecule has 126 valence electrons. The summed E-state index contributed by atoms with van der Waals surface area (Å²) in [7, 11) is -4.08. The monoisotopic (exact) mass is 350 g/mol. The number of sulfone groups is 1. The van der Waals surface area contributed by atoms with E-state index in [0.29, 0.717) is 18.6 Å². The normalized spacial score (nSPS) is 23.3. The molecule has 0 amide bonds. The molecule has 0 spiro atoms. The number of rotatable bonds is 2. The zero-order valence-corrected chi connectivity index (χ0v) is 12.5. The van der Waals surface area contributed by atoms with Crippen molar-refractivity contribution in [3.63, 3.8) is 0 Å². The van der Waals surface area contributed by atoms with E-state index in [1.165, 1.54) is 0 Å². The summed E-state index contributed by atoms with van der Waals surface area (Å²) >= 11 is 0. The van der Waals surface area contributed by atoms with Gasteiger partial charge in [-0.2, -0.15) is 13.2 Å². The van der Waals surface area contributed by atoms with Crippen molar-refractivity contribution in [2.45, 2.75) is 35.6 Å². The van der Waals surface area contributed by atoms with Crippen molar-refractivity contribution in [2.24, 2.45) is 10.3 Å². The molecule has 0 radical (unpaired) electrons. The summed E-state index contributed by atoms with van der Waals surface area (Å²) in [5, 5.41) is 22.4. The van der Waals surface area contributed by atoms with E-state index >= 15 is 0 Å². The highest BCUT2D eigenvalue weighted by molar-refractivity contribution is 7.93. The van der Waals surface area contributed by atoms with Crippen LogP contribution < -0.4 is 0 Å². The molecule has 0 aliphatic heterocycles. The summed E-state index contributed by atoms with van der Waals surface area (Å²) in [6.45, 7) is 0. The SMILES string of the molecule is O=S(=O)(c1ccc(C(F)(F)F)cc1)C1CCCC(=NO)C1=NO. The number of alkyl halides is 3. The van der Waals surface area contributed by atoms with E-state index in [-0.39, 0.29) is 29.2 Å². The van der Waals surface area contributed by atoms with Gasteiger partial charge in [-0.15, -0.1) is 0 Å². The van der Waals surface area contributed by atoms with Crippen molar-refractivity contribution in [1.82, 2.24) is 0 Å². The third kappa shape index (κ3) is 3.31. The molecule has 1 aliphatic rings. The lowest BCUT2D eigenvalue weighted by molar-refractivity contribution is -0.137. The average Bonchev–Trinajstić information content (AvgIpc) is 2.53. The van der Waals surface area contributed by atoms with Gasteiger partial charge < -0.3 is 10.4 Å². The van der Waals surface area contributed by atoms with Crippen molar-refractivity contribution in [3.8, 4) is 0 Å². The molecule has 1 atom stereocenters. The molecular weight excluding hydrogens is 337 g/mol. The Morgan fingerprint density at radius 2 is 1.70 bits per heavy atom. The lowest BCUT2D eigenvalue weighted by atomic mass is 9.96. The van der Waals surface area contributed by atoms with Crippen LogP contribution in [0.1, 0.15) is 24.8 Å². The summed E-state index contributed by atoms with van der Waals surface area (Å²) < 4.78 is 62.8. The molecule has 0 heterocycles. The molecule has 1 saturated carbocycles. The summed E-state index contributed by atoms with van der Waals surface area (Å²) in [6.07, 6.45) is -3.83. The van der Waals surface area contributed by atoms with Crippen molar-refractivity contribution in [1.29, 1.82) is 0 Å². The molecule has 1 aromatic carbocycles. The average molecular weight is 350 g/mol. The molecule has 6 nitrogen and oxygen atoms in total. The molecule has 2 N–H and O–H groups in total. The lowest BCUT2D eigenvalue weighted by Crippen LogP contribution is -2.39. The predicted octanol–water partition coefficient (Wildman–Crippen LogP) is 2.69. The van der Waals surface area contributed by atoms with Gasteiger partial charge in [0.15, 0.2) is 9.84 Å². The fraction of sp³-hybridized carbons (Fsp3) is 0.385. The molecule has 0 aromatic heterocycles. The van der Waals surface area contributed by atoms with Gasteiger partial charge in [0.1, 0.15) is 16.7 Å². The topological polar surface area (TPSA) is 99.3 Å². The third-order valence-corrected chi connectivity index (χ3v) is 5.73. The third-order valence-electron chi connectivity index (χ3n) is 3.59. The number of hydrogen-bond acceptors (Lipinski definition) is 6. The van der Waals surface area contributed by atoms with Gasteiger partial charge in [0.25, 0.3) is 0 Å². The van der Waals surface area contributed by atoms with E-state index in [4.69, 9.17) is 10.4 Å². The minimum Gasteiger partial charge on any atom is -0.411 e. The zero-order valence-electron chi connectivity index (χ0n) is 11.7. The Labute approximate surface area is 129 Å². The standard InChI is InChI=1S/C13H13F3N2O4S/c14-13(15,16)8-4-6-9(7-5-8)23(21,22)11-3-1-2-10(17-19)12(11)18-20/h4-7,11,19-20H,1-3H2. The second-order valence-corrected chi connectivity index (χ2v) is 7.11. The molecule has 2 rings (SSSR count). The first-order chi connectivity index (χ1) is 10.7. The van der Waals surface area contributed by atoms with Crippen LogP contribution in [0, 0.1) is 0 Å². The first-order valence-corrected chi connectivity index (χ1v) is 8.11. The van der Waals surface area contributed by atoms with E-state index in [1.54, 1.807) is 0 Å². The Morgan fingerprint density at radius 3 is 2.17 bits per heavy atom. The highest BCUT2D eigenvalue weighted by Gasteiger charge is 2.38. The molecule has 10 heteroatoms. The number of halogens is 3. The summed E-state index contributed by atoms with van der Waals surface area (Å²) in [4.78, 5) is -0.323. The maximum absolute atomic E-state index is 12.6. The maximum atomic E-state index is 12.6. The highest BCUT2D eigenvalue weighted by atomic mass is 32.2. The minimum absolute atomic E-state index is 0.0563. The zero-order chi connectivity index (χ0) is 17.3. The van der Waals surface area contributed by atoms with Crippen LogP contribution in [0.3, 0.4) is 0 Å². The van der Waals surface area contributed by atoms with Crippen LogP contribution in [-0.2, 0) is 16.0 Å². The molecule has 0 saturated heterocycles. The van der Waals surface area contributed by atoms with Crippen molar-refractivity contribution in [3.05, 3.63) is 29.8 Å². The van der Waals surface area contributed by atoms with Gasteiger partial charge in [-0.25, -0.2) is 8.42 Å². The second-order valence-electron chi connectivity index (χ2n) is 4.98. The molecule has 1 unspecified atom stereocenters. The van der Waals surface area contributed by atoms with E-state index in [9.17, 15) is 21.6 Å². The van der Waals surface area contributed by atoms with E-state index in [2.05, 4.69) is 10.3 Å². The maximum Gasteiger partial charge on any atom is 0.416 e. The van der Waals surface area contributed by atoms with Crippen LogP contribution in [0.15, 0.2) is 39.5 Å². The Morgan fingerprint density at radius 1 is 1.09 bits per heavy atom. The van der Waals surface area contributed by atoms with Crippen LogP contribution in [0.2, 0.25) is 0 Å². The molecule has 1 aromatic rings. The Kier molecular flexibility index (Phi) is 4.64. The number of hydrogen-bond donors (Lipinski definition) is 2. The largest absolute Gasteiger partial charge is 0.416 e. The van der Waals surface area contributed by atoms with Gasteiger partial charge in [-0.1, -0.05) is 10.3 Å². The van der Waals surface area contributed by atoms with E-state index < -0.39 is 26.8 Å². The molecular formula is C13H13F3N2O4S. The van der Waals surface area contributed by atoms with Gasteiger partial charge in [-0.3, -0.25) is 0 Å². The van der Waals surface area contributed by atoms with Crippen LogP contribution >= 0.6 is 0 Å². The van der Waals surface area contributed by atoms with Gasteiger partial charge in [-0.05, 0) is 43.5 Å². The van der Waals surface area contributed by atoms with E-state index in [1.807, 2.05) is 0 Å². The lowest BCUT2D eigenvalue weighted by Gasteiger charge is -2.23. The fourth-order valence-corrected chi connectivity index (χ4v) is 4.23. The number of nitrogens with zero attached hydrogens (tertiary/aromatic N) is 2. The summed E-state index contributed by atoms with van der Waals surface area (Å²) in [6, 6.07) is 3.06. The van der Waals surface area contributed by atoms with Crippen molar-refractivity contribution < 1.29 is 32.0 Å². The van der Waals surface area contributed by atoms with Gasteiger partial charge >= 0.3 is 6.18 Å². The number of oxime groups is 2. The summed E-state index contributed by atoms with van der Waals surface area (Å²) in [5.41, 5.74) is -1.31. The first-order valence-electron chi connectivity index (χ1n) is 6.56. The fourth-order valence-electron chi connectivity index (χ4n) is 2.43. The van der Waals surface area contributed by atoms with Gasteiger partial charge in [0.2, 0.25) is 0 Å². The van der Waals surface area contributed by atoms with Gasteiger partial charge in [0.05, 0.1) is 10.5 Å². The smallest absolute Gasteiger partial charge is 0.411 e. The molecule has 1 fully saturated rings. The second kappa shape index (κ2) is 6.19. The van der Waals surface area contributed by atoms with Crippen molar-refractivity contribution >= 4 is 21.3 Å². The highest BCUT2D eigenvalue weighted by Crippen LogP contribution is 2.31. The first kappa shape index (κ1) is 17.3. The minimum atomic E-state index is -4.57. The quantitative estimate of drug-likeness (QED) is 0.633. The van der Waals surface area contributed by atoms with Crippen molar-refractivity contribution in [2.75, 3.05) is 0 Å². The van der Waals surface area contributed by atoms with Gasteiger partial charge in [0, 0.05) is 0 Å². The van der Waals surface area contributed by atoms with Crippen LogP contribution in [0.5, 0.6) is 0 Å². The van der Waals surface area contributed by atoms with E-state index in [0.717, 1.165) is 12.1 Å².